The summed E-state index contributed by atoms with van der Waals surface area (Å²) in [5.74, 6) is 0. The summed E-state index contributed by atoms with van der Waals surface area (Å²) < 4.78 is 5.36. The zero-order chi connectivity index (χ0) is 12.7. The van der Waals surface area contributed by atoms with Crippen molar-refractivity contribution in [2.24, 2.45) is 5.73 Å². The molecule has 1 aliphatic heterocycles. The van der Waals surface area contributed by atoms with Crippen molar-refractivity contribution in [2.75, 3.05) is 26.8 Å². The van der Waals surface area contributed by atoms with E-state index in [-0.39, 0.29) is 0 Å². The van der Waals surface area contributed by atoms with Crippen LogP contribution >= 0.6 is 0 Å². The normalized spacial score (nSPS) is 21.1. The Hall–Kier alpha value is -0.630. The summed E-state index contributed by atoms with van der Waals surface area (Å²) in [6.45, 7) is 4.68. The van der Waals surface area contributed by atoms with Crippen molar-refractivity contribution in [1.82, 2.24) is 4.90 Å². The second-order valence-corrected chi connectivity index (χ2v) is 5.31. The molecule has 0 aromatic rings. The predicted molar refractivity (Wildman–Crippen MR) is 68.5 cm³/mol. The highest BCUT2D eigenvalue weighted by molar-refractivity contribution is 5.00. The largest absolute Gasteiger partial charge is 0.381 e. The van der Waals surface area contributed by atoms with Gasteiger partial charge in [-0.25, -0.2) is 0 Å². The number of nitrogens with zero attached hydrogens (tertiary/aromatic N) is 2. The van der Waals surface area contributed by atoms with Crippen LogP contribution in [0.25, 0.3) is 0 Å². The van der Waals surface area contributed by atoms with E-state index >= 15 is 0 Å². The van der Waals surface area contributed by atoms with E-state index in [1.165, 1.54) is 0 Å². The Kier molecular flexibility index (Phi) is 5.90. The van der Waals surface area contributed by atoms with Crippen LogP contribution in [0.1, 0.15) is 39.0 Å². The van der Waals surface area contributed by atoms with Crippen molar-refractivity contribution >= 4 is 0 Å². The highest BCUT2D eigenvalue weighted by Gasteiger charge is 2.19. The van der Waals surface area contributed by atoms with Crippen molar-refractivity contribution < 1.29 is 4.74 Å². The van der Waals surface area contributed by atoms with Gasteiger partial charge in [0.1, 0.15) is 5.54 Å². The van der Waals surface area contributed by atoms with Gasteiger partial charge in [0.25, 0.3) is 0 Å². The van der Waals surface area contributed by atoms with Gasteiger partial charge in [-0.2, -0.15) is 5.26 Å². The quantitative estimate of drug-likeness (QED) is 0.714. The first kappa shape index (κ1) is 14.4. The molecule has 17 heavy (non-hydrogen) atoms. The molecule has 0 spiro atoms. The predicted octanol–water partition coefficient (Wildman–Crippen LogP) is 1.51. The van der Waals surface area contributed by atoms with Gasteiger partial charge < -0.3 is 15.4 Å². The molecule has 1 unspecified atom stereocenters. The number of unbranched alkanes of at least 4 members (excludes halogenated alkanes) is 1. The Morgan fingerprint density at radius 2 is 2.06 bits per heavy atom. The van der Waals surface area contributed by atoms with Crippen LogP contribution in [0.2, 0.25) is 0 Å². The summed E-state index contributed by atoms with van der Waals surface area (Å²) in [6, 6.07) is 2.81. The Bertz CT molecular complexity index is 254. The fourth-order valence-electron chi connectivity index (χ4n) is 2.22. The minimum absolute atomic E-state index is 0.656. The summed E-state index contributed by atoms with van der Waals surface area (Å²) >= 11 is 0. The second-order valence-electron chi connectivity index (χ2n) is 5.31. The van der Waals surface area contributed by atoms with E-state index in [9.17, 15) is 0 Å². The molecular weight excluding hydrogens is 214 g/mol. The lowest BCUT2D eigenvalue weighted by molar-refractivity contribution is 0.0425. The average Bonchev–Trinajstić information content (AvgIpc) is 2.35. The third-order valence-electron chi connectivity index (χ3n) is 3.53. The minimum Gasteiger partial charge on any atom is -0.381 e. The molecule has 4 heteroatoms. The molecule has 0 aromatic heterocycles. The number of ether oxygens (including phenoxy) is 1. The van der Waals surface area contributed by atoms with Gasteiger partial charge in [-0.15, -0.1) is 0 Å². The standard InChI is InChI=1S/C13H25N3O/c1-13(15,11-14)7-3-4-8-16(2)12-5-9-17-10-6-12/h12H,3-10,15H2,1-2H3. The molecule has 1 fully saturated rings. The first-order valence-electron chi connectivity index (χ1n) is 6.53. The second kappa shape index (κ2) is 6.95. The first-order valence-corrected chi connectivity index (χ1v) is 6.53. The molecule has 1 atom stereocenters. The van der Waals surface area contributed by atoms with Crippen molar-refractivity contribution in [3.8, 4) is 6.07 Å². The van der Waals surface area contributed by atoms with Crippen LogP contribution in [0.3, 0.4) is 0 Å². The molecule has 0 saturated carbocycles. The maximum absolute atomic E-state index is 8.81. The summed E-state index contributed by atoms with van der Waals surface area (Å²) in [5, 5.41) is 8.81. The maximum atomic E-state index is 8.81. The van der Waals surface area contributed by atoms with E-state index < -0.39 is 5.54 Å². The lowest BCUT2D eigenvalue weighted by Gasteiger charge is -2.31. The highest BCUT2D eigenvalue weighted by atomic mass is 16.5. The molecule has 1 heterocycles. The molecule has 1 rings (SSSR count). The number of hydrogen-bond donors (Lipinski definition) is 1. The van der Waals surface area contributed by atoms with Crippen molar-refractivity contribution in [3.05, 3.63) is 0 Å². The van der Waals surface area contributed by atoms with Crippen molar-refractivity contribution in [1.29, 1.82) is 5.26 Å². The van der Waals surface area contributed by atoms with Gasteiger partial charge in [0.2, 0.25) is 0 Å². The van der Waals surface area contributed by atoms with Crippen molar-refractivity contribution in [3.63, 3.8) is 0 Å². The molecular formula is C13H25N3O. The van der Waals surface area contributed by atoms with E-state index in [0.717, 1.165) is 51.9 Å². The molecule has 1 saturated heterocycles. The van der Waals surface area contributed by atoms with Crippen LogP contribution < -0.4 is 5.73 Å². The van der Waals surface area contributed by atoms with Gasteiger partial charge in [-0.05, 0) is 52.6 Å². The van der Waals surface area contributed by atoms with Gasteiger partial charge >= 0.3 is 0 Å². The molecule has 98 valence electrons. The average molecular weight is 239 g/mol. The molecule has 0 aliphatic carbocycles. The van der Waals surface area contributed by atoms with E-state index in [1.54, 1.807) is 6.92 Å². The van der Waals surface area contributed by atoms with Gasteiger partial charge in [0, 0.05) is 19.3 Å². The van der Waals surface area contributed by atoms with Gasteiger partial charge in [-0.3, -0.25) is 0 Å². The first-order chi connectivity index (χ1) is 8.05. The van der Waals surface area contributed by atoms with Crippen LogP contribution in [-0.2, 0) is 4.74 Å². The fourth-order valence-corrected chi connectivity index (χ4v) is 2.22. The van der Waals surface area contributed by atoms with Crippen LogP contribution in [0, 0.1) is 11.3 Å². The SMILES string of the molecule is CN(CCCCC(C)(N)C#N)C1CCOCC1. The van der Waals surface area contributed by atoms with Crippen LogP contribution in [0.15, 0.2) is 0 Å². The van der Waals surface area contributed by atoms with E-state index in [1.807, 2.05) is 0 Å². The Balaban J connectivity index is 2.11. The monoisotopic (exact) mass is 239 g/mol. The lowest BCUT2D eigenvalue weighted by atomic mass is 9.98. The van der Waals surface area contributed by atoms with Crippen LogP contribution in [0.5, 0.6) is 0 Å². The van der Waals surface area contributed by atoms with Gasteiger partial charge in [-0.1, -0.05) is 0 Å². The van der Waals surface area contributed by atoms with E-state index in [4.69, 9.17) is 15.7 Å². The highest BCUT2D eigenvalue weighted by Crippen LogP contribution is 2.15. The minimum atomic E-state index is -0.656. The number of nitrogens with two attached hydrogens (primary N) is 1. The third kappa shape index (κ3) is 5.49. The number of nitriles is 1. The van der Waals surface area contributed by atoms with Crippen molar-refractivity contribution in [2.45, 2.75) is 50.6 Å². The summed E-state index contributed by atoms with van der Waals surface area (Å²) in [5.41, 5.74) is 5.13. The lowest BCUT2D eigenvalue weighted by Crippen LogP contribution is -2.37. The summed E-state index contributed by atoms with van der Waals surface area (Å²) in [7, 11) is 2.18. The molecule has 2 N–H and O–H groups in total. The Morgan fingerprint density at radius 1 is 1.41 bits per heavy atom. The zero-order valence-corrected chi connectivity index (χ0v) is 11.1. The van der Waals surface area contributed by atoms with E-state index in [2.05, 4.69) is 18.0 Å². The zero-order valence-electron chi connectivity index (χ0n) is 11.1. The Labute approximate surface area is 105 Å². The van der Waals surface area contributed by atoms with Gasteiger partial charge in [0.05, 0.1) is 6.07 Å². The molecule has 0 bridgehead atoms. The van der Waals surface area contributed by atoms with Crippen LogP contribution in [-0.4, -0.2) is 43.3 Å². The summed E-state index contributed by atoms with van der Waals surface area (Å²) in [6.07, 6.45) is 5.20. The molecule has 0 radical (unpaired) electrons. The summed E-state index contributed by atoms with van der Waals surface area (Å²) in [4.78, 5) is 2.42. The molecule has 1 aliphatic rings. The molecule has 4 nitrogen and oxygen atoms in total. The number of hydrogen-bond acceptors (Lipinski definition) is 4. The van der Waals surface area contributed by atoms with Crippen LogP contribution in [0.4, 0.5) is 0 Å². The molecule has 0 amide bonds. The maximum Gasteiger partial charge on any atom is 0.101 e. The fraction of sp³-hybridized carbons (Fsp3) is 0.923. The third-order valence-corrected chi connectivity index (χ3v) is 3.53. The smallest absolute Gasteiger partial charge is 0.101 e. The number of rotatable bonds is 6. The van der Waals surface area contributed by atoms with E-state index in [0.29, 0.717) is 6.04 Å². The molecule has 0 aromatic carbocycles. The Morgan fingerprint density at radius 3 is 2.65 bits per heavy atom. The van der Waals surface area contributed by atoms with Gasteiger partial charge in [0.15, 0.2) is 0 Å². The topological polar surface area (TPSA) is 62.3 Å².